The quantitative estimate of drug-likeness (QED) is 0.335. The molecule has 0 saturated carbocycles. The molecule has 2 aromatic carbocycles. The van der Waals surface area contributed by atoms with Crippen LogP contribution in [-0.2, 0) is 27.4 Å². The number of carboxylic acids is 2. The third-order valence-corrected chi connectivity index (χ3v) is 4.94. The van der Waals surface area contributed by atoms with E-state index in [1.807, 2.05) is 55.6 Å². The van der Waals surface area contributed by atoms with E-state index in [1.54, 1.807) is 21.3 Å². The third kappa shape index (κ3) is 7.64. The number of rotatable bonds is 11. The van der Waals surface area contributed by atoms with Crippen LogP contribution in [0.15, 0.2) is 48.7 Å². The third-order valence-electron chi connectivity index (χ3n) is 4.94. The molecule has 11 heteroatoms. The van der Waals surface area contributed by atoms with Gasteiger partial charge < -0.3 is 39.0 Å². The van der Waals surface area contributed by atoms with Crippen LogP contribution in [0.4, 0.5) is 5.95 Å². The number of hydrogen-bond acceptors (Lipinski definition) is 8. The monoisotopic (exact) mass is 501 g/mol. The van der Waals surface area contributed by atoms with Crippen LogP contribution < -0.4 is 19.5 Å². The van der Waals surface area contributed by atoms with E-state index in [2.05, 4.69) is 14.9 Å². The van der Waals surface area contributed by atoms with Crippen molar-refractivity contribution in [3.8, 4) is 28.5 Å². The van der Waals surface area contributed by atoms with Crippen molar-refractivity contribution >= 4 is 17.9 Å². The lowest BCUT2D eigenvalue weighted by Crippen LogP contribution is -2.12. The molecule has 0 spiro atoms. The SMILES string of the molecule is CCOc1ccc(-c2cnc(NCc3cccc(OC)c3OC)n2CCOC)cc1.O=C(O)C(=O)O. The largest absolute Gasteiger partial charge is 0.494 e. The van der Waals surface area contributed by atoms with Gasteiger partial charge >= 0.3 is 11.9 Å². The lowest BCUT2D eigenvalue weighted by atomic mass is 10.1. The number of aromatic nitrogens is 2. The van der Waals surface area contributed by atoms with Gasteiger partial charge in [-0.15, -0.1) is 0 Å². The molecule has 0 aliphatic heterocycles. The number of nitrogens with zero attached hydrogens (tertiary/aromatic N) is 2. The molecule has 0 amide bonds. The Balaban J connectivity index is 0.000000678. The summed E-state index contributed by atoms with van der Waals surface area (Å²) in [7, 11) is 4.97. The Labute approximate surface area is 209 Å². The van der Waals surface area contributed by atoms with Crippen molar-refractivity contribution in [3.05, 3.63) is 54.2 Å². The lowest BCUT2D eigenvalue weighted by Gasteiger charge is -2.15. The smallest absolute Gasteiger partial charge is 0.414 e. The highest BCUT2D eigenvalue weighted by atomic mass is 16.5. The predicted octanol–water partition coefficient (Wildman–Crippen LogP) is 3.38. The van der Waals surface area contributed by atoms with Crippen LogP contribution in [0.1, 0.15) is 12.5 Å². The average molecular weight is 502 g/mol. The van der Waals surface area contributed by atoms with E-state index in [9.17, 15) is 0 Å². The molecule has 194 valence electrons. The molecule has 0 fully saturated rings. The normalized spacial score (nSPS) is 10.1. The van der Waals surface area contributed by atoms with Crippen molar-refractivity contribution < 1.29 is 38.7 Å². The molecular formula is C25H31N3O8. The molecule has 0 saturated heterocycles. The zero-order valence-corrected chi connectivity index (χ0v) is 20.7. The fourth-order valence-electron chi connectivity index (χ4n) is 3.31. The van der Waals surface area contributed by atoms with E-state index in [4.69, 9.17) is 38.7 Å². The molecule has 0 unspecified atom stereocenters. The van der Waals surface area contributed by atoms with E-state index in [0.29, 0.717) is 37.8 Å². The summed E-state index contributed by atoms with van der Waals surface area (Å²) in [4.78, 5) is 22.8. The highest BCUT2D eigenvalue weighted by molar-refractivity contribution is 6.27. The lowest BCUT2D eigenvalue weighted by molar-refractivity contribution is -0.159. The summed E-state index contributed by atoms with van der Waals surface area (Å²) in [5.41, 5.74) is 3.06. The van der Waals surface area contributed by atoms with E-state index in [0.717, 1.165) is 28.5 Å². The Morgan fingerprint density at radius 2 is 1.69 bits per heavy atom. The molecule has 3 rings (SSSR count). The van der Waals surface area contributed by atoms with Crippen LogP contribution >= 0.6 is 0 Å². The summed E-state index contributed by atoms with van der Waals surface area (Å²) < 4.78 is 23.9. The summed E-state index contributed by atoms with van der Waals surface area (Å²) >= 11 is 0. The van der Waals surface area contributed by atoms with Crippen molar-refractivity contribution in [2.45, 2.75) is 20.0 Å². The molecule has 0 bridgehead atoms. The number of aliphatic carboxylic acids is 2. The van der Waals surface area contributed by atoms with Gasteiger partial charge in [0.05, 0.1) is 39.3 Å². The molecule has 11 nitrogen and oxygen atoms in total. The molecule has 0 aliphatic rings. The van der Waals surface area contributed by atoms with Crippen molar-refractivity contribution in [1.82, 2.24) is 9.55 Å². The van der Waals surface area contributed by atoms with Crippen molar-refractivity contribution in [3.63, 3.8) is 0 Å². The first kappa shape index (κ1) is 28.0. The average Bonchev–Trinajstić information content (AvgIpc) is 3.29. The second-order valence-electron chi connectivity index (χ2n) is 7.19. The summed E-state index contributed by atoms with van der Waals surface area (Å²) in [6.45, 7) is 4.43. The summed E-state index contributed by atoms with van der Waals surface area (Å²) in [5, 5.41) is 18.2. The Morgan fingerprint density at radius 1 is 1.00 bits per heavy atom. The zero-order chi connectivity index (χ0) is 26.5. The minimum Gasteiger partial charge on any atom is -0.494 e. The Hall–Kier alpha value is -4.25. The number of carbonyl (C=O) groups is 2. The molecule has 1 heterocycles. The molecule has 3 N–H and O–H groups in total. The first-order valence-corrected chi connectivity index (χ1v) is 11.0. The molecule has 36 heavy (non-hydrogen) atoms. The summed E-state index contributed by atoms with van der Waals surface area (Å²) in [6, 6.07) is 13.9. The van der Waals surface area contributed by atoms with Gasteiger partial charge in [0.15, 0.2) is 11.5 Å². The zero-order valence-electron chi connectivity index (χ0n) is 20.7. The number of para-hydroxylation sites is 1. The van der Waals surface area contributed by atoms with Crippen LogP contribution in [0.3, 0.4) is 0 Å². The maximum Gasteiger partial charge on any atom is 0.414 e. The molecule has 0 atom stereocenters. The fourth-order valence-corrected chi connectivity index (χ4v) is 3.31. The van der Waals surface area contributed by atoms with Crippen LogP contribution in [0.2, 0.25) is 0 Å². The predicted molar refractivity (Wildman–Crippen MR) is 133 cm³/mol. The highest BCUT2D eigenvalue weighted by Gasteiger charge is 2.14. The van der Waals surface area contributed by atoms with Crippen LogP contribution in [0.5, 0.6) is 17.2 Å². The highest BCUT2D eigenvalue weighted by Crippen LogP contribution is 2.31. The fraction of sp³-hybridized carbons (Fsp3) is 0.320. The van der Waals surface area contributed by atoms with Gasteiger partial charge in [-0.05, 0) is 37.3 Å². The van der Waals surface area contributed by atoms with Gasteiger partial charge in [0, 0.05) is 31.3 Å². The minimum absolute atomic E-state index is 0.549. The van der Waals surface area contributed by atoms with E-state index < -0.39 is 11.9 Å². The van der Waals surface area contributed by atoms with E-state index >= 15 is 0 Å². The second kappa shape index (κ2) is 14.2. The number of nitrogens with one attached hydrogen (secondary N) is 1. The number of anilines is 1. The number of imidazole rings is 1. The van der Waals surface area contributed by atoms with Crippen molar-refractivity contribution in [2.24, 2.45) is 0 Å². The minimum atomic E-state index is -1.82. The van der Waals surface area contributed by atoms with Crippen molar-refractivity contribution in [1.29, 1.82) is 0 Å². The second-order valence-corrected chi connectivity index (χ2v) is 7.19. The topological polar surface area (TPSA) is 141 Å². The van der Waals surface area contributed by atoms with Crippen LogP contribution in [0, 0.1) is 0 Å². The number of hydrogen-bond donors (Lipinski definition) is 3. The van der Waals surface area contributed by atoms with E-state index in [1.165, 1.54) is 0 Å². The molecule has 0 aliphatic carbocycles. The number of ether oxygens (including phenoxy) is 4. The molecule has 3 aromatic rings. The van der Waals surface area contributed by atoms with Gasteiger partial charge in [0.25, 0.3) is 0 Å². The van der Waals surface area contributed by atoms with Gasteiger partial charge in [-0.1, -0.05) is 12.1 Å². The summed E-state index contributed by atoms with van der Waals surface area (Å²) in [5.74, 6) is -0.609. The molecular weight excluding hydrogens is 470 g/mol. The molecule has 1 aromatic heterocycles. The van der Waals surface area contributed by atoms with Gasteiger partial charge in [-0.3, -0.25) is 0 Å². The number of carboxylic acid groups (broad SMARTS) is 2. The van der Waals surface area contributed by atoms with Gasteiger partial charge in [0.1, 0.15) is 5.75 Å². The standard InChI is InChI=1S/C23H29N3O4.C2H2O4/c1-5-30-19-11-9-17(10-12-19)20-16-25-23(26(20)13-14-27-2)24-15-18-7-6-8-21(28-3)22(18)29-4;3-1(4)2(5)6/h6-12,16H,5,13-15H2,1-4H3,(H,24,25);(H,3,4)(H,5,6). The van der Waals surface area contributed by atoms with Gasteiger partial charge in [-0.2, -0.15) is 0 Å². The van der Waals surface area contributed by atoms with E-state index in [-0.39, 0.29) is 0 Å². The Morgan fingerprint density at radius 3 is 2.25 bits per heavy atom. The Kier molecular flexibility index (Phi) is 11.1. The van der Waals surface area contributed by atoms with Crippen LogP contribution in [-0.4, -0.2) is 66.2 Å². The van der Waals surface area contributed by atoms with Gasteiger partial charge in [-0.25, -0.2) is 14.6 Å². The maximum atomic E-state index is 9.10. The number of benzene rings is 2. The van der Waals surface area contributed by atoms with Crippen LogP contribution in [0.25, 0.3) is 11.3 Å². The summed E-state index contributed by atoms with van der Waals surface area (Å²) in [6.07, 6.45) is 1.87. The van der Waals surface area contributed by atoms with Gasteiger partial charge in [0.2, 0.25) is 5.95 Å². The van der Waals surface area contributed by atoms with Crippen molar-refractivity contribution in [2.75, 3.05) is 39.9 Å². The maximum absolute atomic E-state index is 9.10. The Bertz CT molecular complexity index is 1120. The first-order chi connectivity index (χ1) is 17.4. The number of methoxy groups -OCH3 is 3. The molecule has 0 radical (unpaired) electrons. The first-order valence-electron chi connectivity index (χ1n) is 11.0.